The fourth-order valence-electron chi connectivity index (χ4n) is 4.30. The molecule has 0 saturated heterocycles. The molecule has 0 spiro atoms. The Balaban J connectivity index is 1.36. The van der Waals surface area contributed by atoms with Gasteiger partial charge in [0.2, 0.25) is 0 Å². The molecule has 0 bridgehead atoms. The molecular formula is C28H19F2N5O. The van der Waals surface area contributed by atoms with Gasteiger partial charge < -0.3 is 10.2 Å². The van der Waals surface area contributed by atoms with E-state index in [4.69, 9.17) is 9.97 Å². The van der Waals surface area contributed by atoms with Crippen molar-refractivity contribution in [3.05, 3.63) is 108 Å². The van der Waals surface area contributed by atoms with Crippen LogP contribution in [0.4, 0.5) is 19.3 Å². The van der Waals surface area contributed by atoms with E-state index in [-0.39, 0.29) is 17.7 Å². The van der Waals surface area contributed by atoms with Gasteiger partial charge in [-0.3, -0.25) is 4.98 Å². The Labute approximate surface area is 205 Å². The van der Waals surface area contributed by atoms with E-state index in [1.54, 1.807) is 53.6 Å². The number of anilines is 1. The number of fused-ring (bicyclic) bond motifs is 2. The van der Waals surface area contributed by atoms with Crippen molar-refractivity contribution >= 4 is 22.8 Å². The number of rotatable bonds is 3. The van der Waals surface area contributed by atoms with Gasteiger partial charge in [0.1, 0.15) is 11.6 Å². The van der Waals surface area contributed by atoms with Crippen LogP contribution < -0.4 is 5.32 Å². The zero-order valence-corrected chi connectivity index (χ0v) is 19.0. The summed E-state index contributed by atoms with van der Waals surface area (Å²) in [7, 11) is 0. The lowest BCUT2D eigenvalue weighted by Gasteiger charge is -2.16. The fourth-order valence-corrected chi connectivity index (χ4v) is 4.30. The molecule has 36 heavy (non-hydrogen) atoms. The molecule has 0 fully saturated rings. The van der Waals surface area contributed by atoms with E-state index in [0.717, 1.165) is 11.3 Å². The first-order chi connectivity index (χ1) is 17.5. The van der Waals surface area contributed by atoms with Gasteiger partial charge in [0, 0.05) is 29.6 Å². The topological polar surface area (TPSA) is 71.0 Å². The lowest BCUT2D eigenvalue weighted by molar-refractivity contribution is 0.212. The first-order valence-corrected chi connectivity index (χ1v) is 11.4. The van der Waals surface area contributed by atoms with Crippen molar-refractivity contribution < 1.29 is 13.6 Å². The third-order valence-electron chi connectivity index (χ3n) is 6.12. The van der Waals surface area contributed by atoms with Crippen LogP contribution in [0, 0.1) is 11.6 Å². The Morgan fingerprint density at radius 3 is 2.06 bits per heavy atom. The summed E-state index contributed by atoms with van der Waals surface area (Å²) < 4.78 is 27.1. The van der Waals surface area contributed by atoms with Gasteiger partial charge in [0.15, 0.2) is 0 Å². The highest BCUT2D eigenvalue weighted by molar-refractivity contribution is 5.93. The van der Waals surface area contributed by atoms with E-state index in [1.807, 2.05) is 12.1 Å². The molecule has 0 radical (unpaired) electrons. The van der Waals surface area contributed by atoms with Gasteiger partial charge >= 0.3 is 6.03 Å². The third-order valence-corrected chi connectivity index (χ3v) is 6.12. The van der Waals surface area contributed by atoms with Crippen LogP contribution in [0.15, 0.2) is 85.1 Å². The van der Waals surface area contributed by atoms with Crippen molar-refractivity contribution in [3.63, 3.8) is 0 Å². The molecule has 0 aliphatic carbocycles. The van der Waals surface area contributed by atoms with Crippen molar-refractivity contribution in [2.45, 2.75) is 13.1 Å². The molecule has 5 aromatic rings. The number of halogens is 2. The summed E-state index contributed by atoms with van der Waals surface area (Å²) in [6.07, 6.45) is 1.72. The highest BCUT2D eigenvalue weighted by atomic mass is 19.1. The minimum atomic E-state index is -0.361. The van der Waals surface area contributed by atoms with Crippen LogP contribution in [-0.4, -0.2) is 25.9 Å². The number of hydrogen-bond donors (Lipinski definition) is 1. The quantitative estimate of drug-likeness (QED) is 0.335. The standard InChI is InChI=1S/C28H19F2N5O/c29-20-7-3-17(4-8-20)26-27(18-5-9-21(30)10-6-18)34-24-14-22(11-12-23(24)33-26)32-28(36)35-15-19-2-1-13-31-25(19)16-35/h1-14H,15-16H2,(H,32,36). The molecule has 3 aromatic carbocycles. The average Bonchev–Trinajstić information content (AvgIpc) is 3.34. The molecule has 1 N–H and O–H groups in total. The minimum Gasteiger partial charge on any atom is -0.314 e. The van der Waals surface area contributed by atoms with E-state index in [2.05, 4.69) is 10.3 Å². The monoisotopic (exact) mass is 479 g/mol. The predicted molar refractivity (Wildman–Crippen MR) is 133 cm³/mol. The first kappa shape index (κ1) is 21.8. The van der Waals surface area contributed by atoms with Crippen molar-refractivity contribution in [1.29, 1.82) is 0 Å². The van der Waals surface area contributed by atoms with Crippen LogP contribution in [0.5, 0.6) is 0 Å². The fraction of sp³-hybridized carbons (Fsp3) is 0.0714. The van der Waals surface area contributed by atoms with Crippen LogP contribution in [0.25, 0.3) is 33.5 Å². The Hall–Kier alpha value is -4.72. The van der Waals surface area contributed by atoms with E-state index < -0.39 is 0 Å². The molecule has 6 nitrogen and oxygen atoms in total. The zero-order valence-electron chi connectivity index (χ0n) is 19.0. The maximum Gasteiger partial charge on any atom is 0.322 e. The van der Waals surface area contributed by atoms with Crippen LogP contribution in [0.3, 0.4) is 0 Å². The Bertz CT molecular complexity index is 1580. The summed E-state index contributed by atoms with van der Waals surface area (Å²) in [4.78, 5) is 28.5. The maximum atomic E-state index is 13.6. The Morgan fingerprint density at radius 1 is 0.778 bits per heavy atom. The molecule has 2 amide bonds. The summed E-state index contributed by atoms with van der Waals surface area (Å²) >= 11 is 0. The zero-order chi connectivity index (χ0) is 24.6. The van der Waals surface area contributed by atoms with Crippen molar-refractivity contribution in [1.82, 2.24) is 19.9 Å². The van der Waals surface area contributed by atoms with E-state index in [0.29, 0.717) is 52.3 Å². The van der Waals surface area contributed by atoms with Crippen LogP contribution in [0.2, 0.25) is 0 Å². The second-order valence-corrected chi connectivity index (χ2v) is 8.53. The molecule has 3 heterocycles. The normalized spacial score (nSPS) is 12.6. The molecule has 0 atom stereocenters. The molecule has 0 unspecified atom stereocenters. The van der Waals surface area contributed by atoms with E-state index in [1.165, 1.54) is 24.3 Å². The summed E-state index contributed by atoms with van der Waals surface area (Å²) in [5, 5.41) is 2.93. The smallest absolute Gasteiger partial charge is 0.314 e. The summed E-state index contributed by atoms with van der Waals surface area (Å²) in [5.41, 5.74) is 6.10. The highest BCUT2D eigenvalue weighted by Crippen LogP contribution is 2.32. The third kappa shape index (κ3) is 4.13. The minimum absolute atomic E-state index is 0.234. The molecule has 6 rings (SSSR count). The van der Waals surface area contributed by atoms with Gasteiger partial charge in [0.05, 0.1) is 34.7 Å². The molecule has 1 aliphatic heterocycles. The lowest BCUT2D eigenvalue weighted by Crippen LogP contribution is -2.30. The Morgan fingerprint density at radius 2 is 1.42 bits per heavy atom. The lowest BCUT2D eigenvalue weighted by atomic mass is 10.0. The van der Waals surface area contributed by atoms with Gasteiger partial charge in [-0.1, -0.05) is 6.07 Å². The number of urea groups is 1. The number of amides is 2. The molecule has 1 aliphatic rings. The molecule has 0 saturated carbocycles. The molecular weight excluding hydrogens is 460 g/mol. The number of aromatic nitrogens is 3. The number of hydrogen-bond acceptors (Lipinski definition) is 4. The number of pyridine rings is 1. The van der Waals surface area contributed by atoms with Crippen molar-refractivity contribution in [2.75, 3.05) is 5.32 Å². The highest BCUT2D eigenvalue weighted by Gasteiger charge is 2.24. The predicted octanol–water partition coefficient (Wildman–Crippen LogP) is 6.18. The van der Waals surface area contributed by atoms with Gasteiger partial charge in [-0.15, -0.1) is 0 Å². The van der Waals surface area contributed by atoms with Gasteiger partial charge in [0.25, 0.3) is 0 Å². The van der Waals surface area contributed by atoms with Crippen LogP contribution in [-0.2, 0) is 13.1 Å². The van der Waals surface area contributed by atoms with Crippen LogP contribution in [0.1, 0.15) is 11.3 Å². The SMILES string of the molecule is O=C(Nc1ccc2nc(-c3ccc(F)cc3)c(-c3ccc(F)cc3)nc2c1)N1Cc2cccnc2C1. The van der Waals surface area contributed by atoms with E-state index >= 15 is 0 Å². The van der Waals surface area contributed by atoms with Crippen LogP contribution >= 0.6 is 0 Å². The summed E-state index contributed by atoms with van der Waals surface area (Å²) in [6.45, 7) is 0.948. The van der Waals surface area contributed by atoms with Gasteiger partial charge in [-0.05, 0) is 78.4 Å². The second kappa shape index (κ2) is 8.81. The van der Waals surface area contributed by atoms with Gasteiger partial charge in [-0.2, -0.15) is 0 Å². The van der Waals surface area contributed by atoms with Crippen molar-refractivity contribution in [3.8, 4) is 22.5 Å². The van der Waals surface area contributed by atoms with E-state index in [9.17, 15) is 13.6 Å². The number of carbonyl (C=O) groups is 1. The Kier molecular flexibility index (Phi) is 5.33. The van der Waals surface area contributed by atoms with Gasteiger partial charge in [-0.25, -0.2) is 23.5 Å². The molecule has 176 valence electrons. The van der Waals surface area contributed by atoms with Crippen molar-refractivity contribution in [2.24, 2.45) is 0 Å². The average molecular weight is 479 g/mol. The molecule has 8 heteroatoms. The first-order valence-electron chi connectivity index (χ1n) is 11.4. The number of nitrogens with zero attached hydrogens (tertiary/aromatic N) is 4. The molecule has 2 aromatic heterocycles. The number of nitrogens with one attached hydrogen (secondary N) is 1. The largest absolute Gasteiger partial charge is 0.322 e. The summed E-state index contributed by atoms with van der Waals surface area (Å²) in [5.74, 6) is -0.715. The summed E-state index contributed by atoms with van der Waals surface area (Å²) in [6, 6.07) is 20.9. The maximum absolute atomic E-state index is 13.6. The number of benzene rings is 3. The number of carbonyl (C=O) groups excluding carboxylic acids is 1. The second-order valence-electron chi connectivity index (χ2n) is 8.53.